The van der Waals surface area contributed by atoms with Gasteiger partial charge in [-0.05, 0) is 18.6 Å². The third-order valence-electron chi connectivity index (χ3n) is 2.07. The first kappa shape index (κ1) is 12.3. The Kier molecular flexibility index (Phi) is 3.97. The van der Waals surface area contributed by atoms with Gasteiger partial charge in [-0.3, -0.25) is 0 Å². The molecule has 0 heterocycles. The molecule has 0 unspecified atom stereocenters. The predicted octanol–water partition coefficient (Wildman–Crippen LogP) is 3.15. The molecule has 3 nitrogen and oxygen atoms in total. The Hall–Kier alpha value is -0.770. The van der Waals surface area contributed by atoms with Gasteiger partial charge in [-0.2, -0.15) is 0 Å². The van der Waals surface area contributed by atoms with Gasteiger partial charge in [-0.15, -0.1) is 0 Å². The number of hydrogen-bond donors (Lipinski definition) is 1. The van der Waals surface area contributed by atoms with Crippen LogP contribution in [-0.2, 0) is 11.3 Å². The number of carboxylic acids is 1. The van der Waals surface area contributed by atoms with Gasteiger partial charge < -0.3 is 9.84 Å². The lowest BCUT2D eigenvalue weighted by molar-refractivity contribution is 0.0692. The van der Waals surface area contributed by atoms with Crippen molar-refractivity contribution in [1.29, 1.82) is 0 Å². The Morgan fingerprint density at radius 3 is 2.60 bits per heavy atom. The maximum atomic E-state index is 10.9. The molecular weight excluding hydrogens is 239 g/mol. The van der Waals surface area contributed by atoms with Crippen molar-refractivity contribution in [2.75, 3.05) is 7.11 Å². The van der Waals surface area contributed by atoms with Crippen molar-refractivity contribution < 1.29 is 14.6 Å². The number of ether oxygens (including phenoxy) is 1. The molecular formula is C10H10Cl2O3. The van der Waals surface area contributed by atoms with Crippen LogP contribution in [0, 0.1) is 6.92 Å². The van der Waals surface area contributed by atoms with Gasteiger partial charge in [0.15, 0.2) is 0 Å². The molecule has 0 saturated carbocycles. The number of carboxylic acid groups (broad SMARTS) is 1. The summed E-state index contributed by atoms with van der Waals surface area (Å²) >= 11 is 11.8. The van der Waals surface area contributed by atoms with Crippen molar-refractivity contribution >= 4 is 29.2 Å². The molecule has 0 saturated heterocycles. The van der Waals surface area contributed by atoms with Gasteiger partial charge >= 0.3 is 5.97 Å². The average Bonchev–Trinajstić information content (AvgIpc) is 2.18. The van der Waals surface area contributed by atoms with E-state index in [1.54, 1.807) is 6.92 Å². The molecule has 0 aromatic heterocycles. The molecule has 0 fully saturated rings. The standard InChI is InChI=1S/C10H10Cl2O3/c1-5-8(11)3-6(10(13)14)7(4-15-2)9(5)12/h3H,4H2,1-2H3,(H,13,14). The predicted molar refractivity (Wildman–Crippen MR) is 58.9 cm³/mol. The van der Waals surface area contributed by atoms with E-state index in [4.69, 9.17) is 33.0 Å². The van der Waals surface area contributed by atoms with Crippen molar-refractivity contribution in [3.63, 3.8) is 0 Å². The zero-order chi connectivity index (χ0) is 11.6. The van der Waals surface area contributed by atoms with Crippen LogP contribution in [-0.4, -0.2) is 18.2 Å². The Morgan fingerprint density at radius 1 is 1.53 bits per heavy atom. The summed E-state index contributed by atoms with van der Waals surface area (Å²) in [6, 6.07) is 1.39. The first-order chi connectivity index (χ1) is 6.99. The van der Waals surface area contributed by atoms with Crippen molar-refractivity contribution in [3.8, 4) is 0 Å². The number of methoxy groups -OCH3 is 1. The summed E-state index contributed by atoms with van der Waals surface area (Å²) in [7, 11) is 1.48. The molecule has 1 aromatic rings. The summed E-state index contributed by atoms with van der Waals surface area (Å²) in [5.74, 6) is -1.06. The first-order valence-electron chi connectivity index (χ1n) is 4.18. The van der Waals surface area contributed by atoms with E-state index in [0.29, 0.717) is 21.2 Å². The fraction of sp³-hybridized carbons (Fsp3) is 0.300. The molecule has 0 amide bonds. The van der Waals surface area contributed by atoms with E-state index in [0.717, 1.165) is 0 Å². The van der Waals surface area contributed by atoms with Crippen molar-refractivity contribution in [2.45, 2.75) is 13.5 Å². The molecule has 0 spiro atoms. The van der Waals surface area contributed by atoms with Crippen LogP contribution >= 0.6 is 23.2 Å². The smallest absolute Gasteiger partial charge is 0.336 e. The number of carbonyl (C=O) groups is 1. The maximum absolute atomic E-state index is 10.9. The average molecular weight is 249 g/mol. The van der Waals surface area contributed by atoms with Crippen LogP contribution in [0.2, 0.25) is 10.0 Å². The molecule has 82 valence electrons. The molecule has 1 aromatic carbocycles. The summed E-state index contributed by atoms with van der Waals surface area (Å²) in [6.07, 6.45) is 0. The van der Waals surface area contributed by atoms with Crippen LogP contribution in [0.3, 0.4) is 0 Å². The van der Waals surface area contributed by atoms with Crippen LogP contribution in [0.4, 0.5) is 0 Å². The zero-order valence-electron chi connectivity index (χ0n) is 8.30. The van der Waals surface area contributed by atoms with Gasteiger partial charge in [0.25, 0.3) is 0 Å². The van der Waals surface area contributed by atoms with Crippen LogP contribution in [0.15, 0.2) is 6.07 Å². The number of aromatic carboxylic acids is 1. The Labute approximate surface area is 97.6 Å². The van der Waals surface area contributed by atoms with E-state index in [-0.39, 0.29) is 12.2 Å². The van der Waals surface area contributed by atoms with E-state index in [2.05, 4.69) is 0 Å². The highest BCUT2D eigenvalue weighted by Crippen LogP contribution is 2.31. The van der Waals surface area contributed by atoms with Gasteiger partial charge in [-0.1, -0.05) is 23.2 Å². The Morgan fingerprint density at radius 2 is 2.13 bits per heavy atom. The van der Waals surface area contributed by atoms with Gasteiger partial charge in [0.1, 0.15) is 0 Å². The fourth-order valence-corrected chi connectivity index (χ4v) is 1.76. The van der Waals surface area contributed by atoms with Crippen molar-refractivity contribution in [1.82, 2.24) is 0 Å². The lowest BCUT2D eigenvalue weighted by Gasteiger charge is -2.11. The van der Waals surface area contributed by atoms with E-state index >= 15 is 0 Å². The largest absolute Gasteiger partial charge is 0.478 e. The minimum atomic E-state index is -1.06. The summed E-state index contributed by atoms with van der Waals surface area (Å²) < 4.78 is 4.90. The molecule has 5 heteroatoms. The monoisotopic (exact) mass is 248 g/mol. The summed E-state index contributed by atoms with van der Waals surface area (Å²) in [5, 5.41) is 9.65. The molecule has 0 aliphatic carbocycles. The minimum absolute atomic E-state index is 0.0810. The van der Waals surface area contributed by atoms with Gasteiger partial charge in [0.2, 0.25) is 0 Å². The second-order valence-corrected chi connectivity index (χ2v) is 3.85. The molecule has 1 rings (SSSR count). The van der Waals surface area contributed by atoms with Crippen molar-refractivity contribution in [2.24, 2.45) is 0 Å². The molecule has 0 bridgehead atoms. The summed E-state index contributed by atoms with van der Waals surface area (Å²) in [4.78, 5) is 10.9. The van der Waals surface area contributed by atoms with Gasteiger partial charge in [-0.25, -0.2) is 4.79 Å². The first-order valence-corrected chi connectivity index (χ1v) is 4.94. The van der Waals surface area contributed by atoms with Gasteiger partial charge in [0, 0.05) is 17.7 Å². The Bertz CT molecular complexity index is 402. The van der Waals surface area contributed by atoms with Crippen LogP contribution in [0.5, 0.6) is 0 Å². The molecule has 15 heavy (non-hydrogen) atoms. The number of halogens is 2. The van der Waals surface area contributed by atoms with Crippen LogP contribution in [0.1, 0.15) is 21.5 Å². The van der Waals surface area contributed by atoms with Gasteiger partial charge in [0.05, 0.1) is 17.2 Å². The number of rotatable bonds is 3. The number of benzene rings is 1. The SMILES string of the molecule is COCc1c(C(=O)O)cc(Cl)c(C)c1Cl. The normalized spacial score (nSPS) is 10.4. The van der Waals surface area contributed by atoms with E-state index < -0.39 is 5.97 Å². The van der Waals surface area contributed by atoms with Crippen LogP contribution < -0.4 is 0 Å². The lowest BCUT2D eigenvalue weighted by Crippen LogP contribution is -2.05. The fourth-order valence-electron chi connectivity index (χ4n) is 1.25. The molecule has 0 aliphatic heterocycles. The minimum Gasteiger partial charge on any atom is -0.478 e. The Balaban J connectivity index is 3.43. The highest BCUT2D eigenvalue weighted by Gasteiger charge is 2.17. The number of hydrogen-bond acceptors (Lipinski definition) is 2. The molecule has 1 N–H and O–H groups in total. The van der Waals surface area contributed by atoms with Crippen LogP contribution in [0.25, 0.3) is 0 Å². The lowest BCUT2D eigenvalue weighted by atomic mass is 10.0. The third kappa shape index (κ3) is 2.43. The zero-order valence-corrected chi connectivity index (χ0v) is 9.82. The molecule has 0 aliphatic rings. The molecule has 0 radical (unpaired) electrons. The maximum Gasteiger partial charge on any atom is 0.336 e. The topological polar surface area (TPSA) is 46.5 Å². The summed E-state index contributed by atoms with van der Waals surface area (Å²) in [5.41, 5.74) is 1.20. The highest BCUT2D eigenvalue weighted by atomic mass is 35.5. The molecule has 0 atom stereocenters. The van der Waals surface area contributed by atoms with E-state index in [1.807, 2.05) is 0 Å². The second kappa shape index (κ2) is 4.84. The quantitative estimate of drug-likeness (QED) is 0.894. The third-order valence-corrected chi connectivity index (χ3v) is 2.97. The van der Waals surface area contributed by atoms with E-state index in [1.165, 1.54) is 13.2 Å². The highest BCUT2D eigenvalue weighted by molar-refractivity contribution is 6.37. The van der Waals surface area contributed by atoms with Crippen molar-refractivity contribution in [3.05, 3.63) is 32.8 Å². The van der Waals surface area contributed by atoms with E-state index in [9.17, 15) is 4.79 Å². The second-order valence-electron chi connectivity index (χ2n) is 3.06. The summed E-state index contributed by atoms with van der Waals surface area (Å²) in [6.45, 7) is 1.88.